The Hall–Kier alpha value is -4.07. The number of benzene rings is 2. The summed E-state index contributed by atoms with van der Waals surface area (Å²) in [6.45, 7) is 4.34. The average Bonchev–Trinajstić information content (AvgIpc) is 3.24. The van der Waals surface area contributed by atoms with E-state index in [0.29, 0.717) is 12.2 Å². The van der Waals surface area contributed by atoms with Crippen molar-refractivity contribution < 1.29 is 9.32 Å². The summed E-state index contributed by atoms with van der Waals surface area (Å²) in [5.74, 6) is -0.450. The van der Waals surface area contributed by atoms with Gasteiger partial charge >= 0.3 is 11.8 Å². The van der Waals surface area contributed by atoms with Crippen molar-refractivity contribution in [2.45, 2.75) is 26.9 Å². The van der Waals surface area contributed by atoms with Crippen molar-refractivity contribution in [1.29, 1.82) is 0 Å². The van der Waals surface area contributed by atoms with Gasteiger partial charge in [0.2, 0.25) is 0 Å². The molecule has 0 saturated heterocycles. The molecule has 4 rings (SSSR count). The minimum Gasteiger partial charge on any atom is -0.344 e. The Kier molecular flexibility index (Phi) is 5.70. The van der Waals surface area contributed by atoms with Crippen LogP contribution in [0.1, 0.15) is 33.2 Å². The molecule has 1 N–H and O–H groups in total. The Morgan fingerprint density at radius 3 is 2.35 bits per heavy atom. The first-order chi connectivity index (χ1) is 15.0. The molecule has 0 unspecified atom stereocenters. The molecule has 8 heteroatoms. The number of nitrogens with zero attached hydrogens (tertiary/aromatic N) is 4. The number of carbonyl (C=O) groups excluding carboxylic acids is 1. The third-order valence-electron chi connectivity index (χ3n) is 4.74. The molecule has 0 aliphatic heterocycles. The molecule has 156 valence electrons. The van der Waals surface area contributed by atoms with Gasteiger partial charge in [-0.05, 0) is 25.5 Å². The molecular formula is C23H21N5O3. The van der Waals surface area contributed by atoms with Crippen LogP contribution < -0.4 is 10.9 Å². The number of aryl methyl sites for hydroxylation is 2. The van der Waals surface area contributed by atoms with Crippen molar-refractivity contribution >= 4 is 5.91 Å². The van der Waals surface area contributed by atoms with Gasteiger partial charge in [0, 0.05) is 18.2 Å². The molecule has 0 aliphatic rings. The first kappa shape index (κ1) is 20.2. The van der Waals surface area contributed by atoms with Gasteiger partial charge in [-0.1, -0.05) is 64.8 Å². The highest BCUT2D eigenvalue weighted by Crippen LogP contribution is 2.16. The fourth-order valence-electron chi connectivity index (χ4n) is 2.95. The molecule has 2 aromatic carbocycles. The number of amides is 1. The summed E-state index contributed by atoms with van der Waals surface area (Å²) in [5, 5.41) is 10.9. The van der Waals surface area contributed by atoms with E-state index >= 15 is 0 Å². The van der Waals surface area contributed by atoms with Gasteiger partial charge in [-0.25, -0.2) is 4.68 Å². The zero-order valence-electron chi connectivity index (χ0n) is 17.2. The lowest BCUT2D eigenvalue weighted by molar-refractivity contribution is 0.0907. The van der Waals surface area contributed by atoms with Crippen molar-refractivity contribution in [3.8, 4) is 11.3 Å². The van der Waals surface area contributed by atoms with Crippen LogP contribution in [0.15, 0.2) is 70.0 Å². The molecule has 1 amide bonds. The summed E-state index contributed by atoms with van der Waals surface area (Å²) < 4.78 is 6.30. The topological polar surface area (TPSA) is 103 Å². The highest BCUT2D eigenvalue weighted by molar-refractivity contribution is 5.89. The average molecular weight is 415 g/mol. The molecule has 0 radical (unpaired) electrons. The number of hydrogen-bond acceptors (Lipinski definition) is 6. The van der Waals surface area contributed by atoms with Gasteiger partial charge < -0.3 is 9.84 Å². The second-order valence-corrected chi connectivity index (χ2v) is 7.26. The van der Waals surface area contributed by atoms with Crippen LogP contribution in [0.3, 0.4) is 0 Å². The molecule has 2 heterocycles. The van der Waals surface area contributed by atoms with E-state index in [9.17, 15) is 9.59 Å². The maximum absolute atomic E-state index is 12.3. The van der Waals surface area contributed by atoms with Gasteiger partial charge in [-0.15, -0.1) is 0 Å². The Balaban J connectivity index is 1.45. The molecule has 0 fully saturated rings. The van der Waals surface area contributed by atoms with Crippen molar-refractivity contribution in [2.75, 3.05) is 0 Å². The monoisotopic (exact) mass is 415 g/mol. The first-order valence-electron chi connectivity index (χ1n) is 9.79. The van der Waals surface area contributed by atoms with E-state index in [4.69, 9.17) is 4.52 Å². The van der Waals surface area contributed by atoms with E-state index in [1.54, 1.807) is 6.07 Å². The van der Waals surface area contributed by atoms with Crippen molar-refractivity contribution in [3.63, 3.8) is 0 Å². The van der Waals surface area contributed by atoms with Crippen molar-refractivity contribution in [2.24, 2.45) is 0 Å². The molecule has 2 aromatic heterocycles. The van der Waals surface area contributed by atoms with E-state index in [1.165, 1.54) is 10.7 Å². The number of aromatic nitrogens is 4. The lowest BCUT2D eigenvalue weighted by Gasteiger charge is -2.05. The van der Waals surface area contributed by atoms with E-state index in [0.717, 1.165) is 22.3 Å². The maximum atomic E-state index is 12.3. The Labute approximate surface area is 178 Å². The van der Waals surface area contributed by atoms with Crippen LogP contribution in [-0.2, 0) is 13.1 Å². The summed E-state index contributed by atoms with van der Waals surface area (Å²) in [6, 6.07) is 18.8. The second-order valence-electron chi connectivity index (χ2n) is 7.26. The summed E-state index contributed by atoms with van der Waals surface area (Å²) in [6.07, 6.45) is 0. The zero-order chi connectivity index (χ0) is 21.8. The lowest BCUT2D eigenvalue weighted by atomic mass is 10.1. The molecule has 4 aromatic rings. The maximum Gasteiger partial charge on any atom is 0.316 e. The standard InChI is InChI=1S/C23H21N5O3/c1-15-3-7-17(8-4-15)13-24-22(30)23-25-20(27-31-23)14-28-21(29)12-11-19(26-28)18-9-5-16(2)6-10-18/h3-12H,13-14H2,1-2H3,(H,24,30). The Morgan fingerprint density at radius 2 is 1.65 bits per heavy atom. The predicted octanol–water partition coefficient (Wildman–Crippen LogP) is 2.89. The molecular weight excluding hydrogens is 394 g/mol. The largest absolute Gasteiger partial charge is 0.344 e. The molecule has 31 heavy (non-hydrogen) atoms. The van der Waals surface area contributed by atoms with E-state index in [1.807, 2.05) is 62.4 Å². The highest BCUT2D eigenvalue weighted by Gasteiger charge is 2.16. The number of hydrogen-bond donors (Lipinski definition) is 1. The van der Waals surface area contributed by atoms with Gasteiger partial charge in [-0.3, -0.25) is 9.59 Å². The number of rotatable bonds is 6. The van der Waals surface area contributed by atoms with Gasteiger partial charge in [-0.2, -0.15) is 10.1 Å². The predicted molar refractivity (Wildman–Crippen MR) is 114 cm³/mol. The van der Waals surface area contributed by atoms with Gasteiger partial charge in [0.1, 0.15) is 6.54 Å². The van der Waals surface area contributed by atoms with Crippen molar-refractivity contribution in [3.05, 3.63) is 99.4 Å². The summed E-state index contributed by atoms with van der Waals surface area (Å²) >= 11 is 0. The minimum atomic E-state index is -0.479. The van der Waals surface area contributed by atoms with Crippen LogP contribution in [0.4, 0.5) is 0 Å². The fraction of sp³-hybridized carbons (Fsp3) is 0.174. The summed E-state index contributed by atoms with van der Waals surface area (Å²) in [4.78, 5) is 28.6. The zero-order valence-corrected chi connectivity index (χ0v) is 17.2. The quantitative estimate of drug-likeness (QED) is 0.519. The van der Waals surface area contributed by atoms with Crippen LogP contribution in [0, 0.1) is 13.8 Å². The highest BCUT2D eigenvalue weighted by atomic mass is 16.5. The third kappa shape index (κ3) is 4.92. The van der Waals surface area contributed by atoms with Gasteiger partial charge in [0.05, 0.1) is 5.69 Å². The molecule has 0 saturated carbocycles. The molecule has 0 spiro atoms. The van der Waals surface area contributed by atoms with Crippen LogP contribution in [-0.4, -0.2) is 25.8 Å². The van der Waals surface area contributed by atoms with Crippen LogP contribution >= 0.6 is 0 Å². The number of nitrogens with one attached hydrogen (secondary N) is 1. The minimum absolute atomic E-state index is 0.00667. The van der Waals surface area contributed by atoms with Crippen molar-refractivity contribution in [1.82, 2.24) is 25.2 Å². The third-order valence-corrected chi connectivity index (χ3v) is 4.74. The fourth-order valence-corrected chi connectivity index (χ4v) is 2.95. The van der Waals surface area contributed by atoms with E-state index < -0.39 is 5.91 Å². The van der Waals surface area contributed by atoms with Gasteiger partial charge in [0.15, 0.2) is 5.82 Å². The second kappa shape index (κ2) is 8.74. The van der Waals surface area contributed by atoms with Crippen LogP contribution in [0.2, 0.25) is 0 Å². The summed E-state index contributed by atoms with van der Waals surface area (Å²) in [5.41, 5.74) is 4.49. The van der Waals surface area contributed by atoms with Crippen LogP contribution in [0.5, 0.6) is 0 Å². The Morgan fingerprint density at radius 1 is 0.968 bits per heavy atom. The normalized spacial score (nSPS) is 10.8. The molecule has 8 nitrogen and oxygen atoms in total. The van der Waals surface area contributed by atoms with Crippen LogP contribution in [0.25, 0.3) is 11.3 Å². The van der Waals surface area contributed by atoms with E-state index in [-0.39, 0.29) is 23.8 Å². The first-order valence-corrected chi connectivity index (χ1v) is 9.79. The molecule has 0 atom stereocenters. The van der Waals surface area contributed by atoms with Gasteiger partial charge in [0.25, 0.3) is 5.56 Å². The SMILES string of the molecule is Cc1ccc(CNC(=O)c2nc(Cn3nc(-c4ccc(C)cc4)ccc3=O)no2)cc1. The molecule has 0 bridgehead atoms. The van der Waals surface area contributed by atoms with E-state index in [2.05, 4.69) is 20.6 Å². The smallest absolute Gasteiger partial charge is 0.316 e. The summed E-state index contributed by atoms with van der Waals surface area (Å²) in [7, 11) is 0. The Bertz CT molecular complexity index is 1260. The number of carbonyl (C=O) groups is 1. The molecule has 0 aliphatic carbocycles. The lowest BCUT2D eigenvalue weighted by Crippen LogP contribution is -2.24.